The fourth-order valence-electron chi connectivity index (χ4n) is 3.49. The van der Waals surface area contributed by atoms with Crippen LogP contribution in [0.3, 0.4) is 0 Å². The number of rotatable bonds is 4. The van der Waals surface area contributed by atoms with Crippen LogP contribution in [0, 0.1) is 19.8 Å². The molecule has 0 spiro atoms. The summed E-state index contributed by atoms with van der Waals surface area (Å²) in [5.41, 5.74) is 3.82. The second kappa shape index (κ2) is 5.43. The zero-order valence-corrected chi connectivity index (χ0v) is 12.5. The summed E-state index contributed by atoms with van der Waals surface area (Å²) in [7, 11) is 2.03. The maximum atomic E-state index is 4.51. The topological polar surface area (TPSA) is 29.9 Å². The van der Waals surface area contributed by atoms with E-state index in [2.05, 4.69) is 38.1 Å². The monoisotopic (exact) mass is 249 g/mol. The number of nitrogens with zero attached hydrogens (tertiary/aromatic N) is 2. The van der Waals surface area contributed by atoms with Crippen LogP contribution >= 0.6 is 0 Å². The maximum Gasteiger partial charge on any atom is 0.0644 e. The molecule has 1 fully saturated rings. The Bertz CT molecular complexity index is 402. The third kappa shape index (κ3) is 2.61. The predicted molar refractivity (Wildman–Crippen MR) is 75.7 cm³/mol. The van der Waals surface area contributed by atoms with E-state index >= 15 is 0 Å². The molecule has 2 rings (SSSR count). The maximum absolute atomic E-state index is 4.51. The van der Waals surface area contributed by atoms with Gasteiger partial charge in [-0.1, -0.05) is 12.8 Å². The number of hydrogen-bond donors (Lipinski definition) is 1. The fourth-order valence-corrected chi connectivity index (χ4v) is 3.49. The van der Waals surface area contributed by atoms with Gasteiger partial charge in [0, 0.05) is 30.4 Å². The van der Waals surface area contributed by atoms with Gasteiger partial charge in [0.1, 0.15) is 0 Å². The van der Waals surface area contributed by atoms with Crippen LogP contribution in [0.25, 0.3) is 0 Å². The van der Waals surface area contributed by atoms with E-state index in [1.165, 1.54) is 36.9 Å². The average molecular weight is 249 g/mol. The molecule has 1 heterocycles. The van der Waals surface area contributed by atoms with E-state index in [9.17, 15) is 0 Å². The minimum Gasteiger partial charge on any atom is -0.307 e. The van der Waals surface area contributed by atoms with Gasteiger partial charge in [-0.25, -0.2) is 0 Å². The van der Waals surface area contributed by atoms with Gasteiger partial charge in [-0.15, -0.1) is 0 Å². The van der Waals surface area contributed by atoms with Gasteiger partial charge in [-0.3, -0.25) is 4.68 Å². The summed E-state index contributed by atoms with van der Waals surface area (Å²) in [6.07, 6.45) is 5.61. The van der Waals surface area contributed by atoms with Gasteiger partial charge in [0.15, 0.2) is 0 Å². The average Bonchev–Trinajstić information content (AvgIpc) is 2.88. The van der Waals surface area contributed by atoms with Crippen molar-refractivity contribution in [3.05, 3.63) is 17.0 Å². The first-order valence-electron chi connectivity index (χ1n) is 7.26. The first kappa shape index (κ1) is 13.6. The van der Waals surface area contributed by atoms with Crippen molar-refractivity contribution in [1.29, 1.82) is 0 Å². The molecule has 0 amide bonds. The van der Waals surface area contributed by atoms with Crippen molar-refractivity contribution in [3.63, 3.8) is 0 Å². The van der Waals surface area contributed by atoms with Gasteiger partial charge in [0.25, 0.3) is 0 Å². The van der Waals surface area contributed by atoms with E-state index in [1.807, 2.05) is 11.7 Å². The van der Waals surface area contributed by atoms with Crippen LogP contribution in [-0.4, -0.2) is 15.8 Å². The molecule has 0 bridgehead atoms. The molecule has 2 atom stereocenters. The van der Waals surface area contributed by atoms with Crippen molar-refractivity contribution in [2.45, 2.75) is 65.5 Å². The molecule has 1 aromatic rings. The summed E-state index contributed by atoms with van der Waals surface area (Å²) in [6.45, 7) is 8.88. The minimum atomic E-state index is 0.397. The van der Waals surface area contributed by atoms with Crippen molar-refractivity contribution in [2.75, 3.05) is 0 Å². The Morgan fingerprint density at radius 2 is 1.83 bits per heavy atom. The molecule has 1 N–H and O–H groups in total. The van der Waals surface area contributed by atoms with Crippen molar-refractivity contribution in [1.82, 2.24) is 15.1 Å². The van der Waals surface area contributed by atoms with Gasteiger partial charge in [0.2, 0.25) is 0 Å². The lowest BCUT2D eigenvalue weighted by molar-refractivity contribution is 0.351. The second-order valence-electron chi connectivity index (χ2n) is 5.93. The molecule has 0 saturated heterocycles. The Labute approximate surface area is 111 Å². The smallest absolute Gasteiger partial charge is 0.0644 e. The van der Waals surface area contributed by atoms with Gasteiger partial charge in [-0.05, 0) is 46.5 Å². The van der Waals surface area contributed by atoms with Gasteiger partial charge < -0.3 is 5.32 Å². The summed E-state index contributed by atoms with van der Waals surface area (Å²) in [5.74, 6) is 0.865. The highest BCUT2D eigenvalue weighted by Crippen LogP contribution is 2.29. The molecule has 0 aromatic carbocycles. The van der Waals surface area contributed by atoms with Crippen LogP contribution in [0.2, 0.25) is 0 Å². The molecule has 3 nitrogen and oxygen atoms in total. The zero-order chi connectivity index (χ0) is 13.3. The molecule has 0 aliphatic heterocycles. The molecule has 1 aromatic heterocycles. The SMILES string of the molecule is Cc1nn(C)c(C)c1C(C)N[C@@H](C)C1CCCC1. The van der Waals surface area contributed by atoms with E-state index in [-0.39, 0.29) is 0 Å². The summed E-state index contributed by atoms with van der Waals surface area (Å²) >= 11 is 0. The summed E-state index contributed by atoms with van der Waals surface area (Å²) in [6, 6.07) is 1.01. The lowest BCUT2D eigenvalue weighted by Crippen LogP contribution is -2.34. The van der Waals surface area contributed by atoms with E-state index in [0.29, 0.717) is 12.1 Å². The fraction of sp³-hybridized carbons (Fsp3) is 0.800. The van der Waals surface area contributed by atoms with Crippen LogP contribution in [-0.2, 0) is 7.05 Å². The number of aromatic nitrogens is 2. The third-order valence-electron chi connectivity index (χ3n) is 4.62. The van der Waals surface area contributed by atoms with Gasteiger partial charge >= 0.3 is 0 Å². The van der Waals surface area contributed by atoms with Crippen molar-refractivity contribution >= 4 is 0 Å². The largest absolute Gasteiger partial charge is 0.307 e. The zero-order valence-electron chi connectivity index (χ0n) is 12.5. The van der Waals surface area contributed by atoms with Crippen molar-refractivity contribution in [3.8, 4) is 0 Å². The second-order valence-corrected chi connectivity index (χ2v) is 5.93. The lowest BCUT2D eigenvalue weighted by atomic mass is 9.97. The van der Waals surface area contributed by atoms with Crippen LogP contribution in [0.1, 0.15) is 62.5 Å². The molecular weight excluding hydrogens is 222 g/mol. The lowest BCUT2D eigenvalue weighted by Gasteiger charge is -2.25. The van der Waals surface area contributed by atoms with Crippen LogP contribution in [0.5, 0.6) is 0 Å². The first-order valence-corrected chi connectivity index (χ1v) is 7.26. The number of aryl methyl sites for hydroxylation is 2. The highest BCUT2D eigenvalue weighted by atomic mass is 15.3. The number of hydrogen-bond acceptors (Lipinski definition) is 2. The number of nitrogens with one attached hydrogen (secondary N) is 1. The highest BCUT2D eigenvalue weighted by Gasteiger charge is 2.24. The molecule has 1 aliphatic rings. The Morgan fingerprint density at radius 3 is 2.33 bits per heavy atom. The van der Waals surface area contributed by atoms with E-state index in [1.54, 1.807) is 0 Å². The summed E-state index contributed by atoms with van der Waals surface area (Å²) in [4.78, 5) is 0. The van der Waals surface area contributed by atoms with Gasteiger partial charge in [0.05, 0.1) is 5.69 Å². The minimum absolute atomic E-state index is 0.397. The van der Waals surface area contributed by atoms with E-state index < -0.39 is 0 Å². The van der Waals surface area contributed by atoms with E-state index in [4.69, 9.17) is 0 Å². The Morgan fingerprint density at radius 1 is 1.22 bits per heavy atom. The van der Waals surface area contributed by atoms with Crippen LogP contribution in [0.4, 0.5) is 0 Å². The molecule has 102 valence electrons. The van der Waals surface area contributed by atoms with Crippen molar-refractivity contribution < 1.29 is 0 Å². The molecule has 3 heteroatoms. The normalized spacial score (nSPS) is 20.3. The van der Waals surface area contributed by atoms with Gasteiger partial charge in [-0.2, -0.15) is 5.10 Å². The predicted octanol–water partition coefficient (Wildman–Crippen LogP) is 3.27. The van der Waals surface area contributed by atoms with Crippen LogP contribution < -0.4 is 5.32 Å². The summed E-state index contributed by atoms with van der Waals surface area (Å²) < 4.78 is 1.99. The summed E-state index contributed by atoms with van der Waals surface area (Å²) in [5, 5.41) is 8.29. The Hall–Kier alpha value is -0.830. The van der Waals surface area contributed by atoms with Crippen molar-refractivity contribution in [2.24, 2.45) is 13.0 Å². The molecule has 18 heavy (non-hydrogen) atoms. The quantitative estimate of drug-likeness (QED) is 0.887. The Balaban J connectivity index is 2.04. The standard InChI is InChI=1S/C15H27N3/c1-10(14-8-6-7-9-14)16-11(2)15-12(3)17-18(5)13(15)4/h10-11,14,16H,6-9H2,1-5H3/t10-,11?/m0/s1. The highest BCUT2D eigenvalue weighted by molar-refractivity contribution is 5.27. The van der Waals surface area contributed by atoms with Crippen LogP contribution in [0.15, 0.2) is 0 Å². The molecule has 0 radical (unpaired) electrons. The van der Waals surface area contributed by atoms with E-state index in [0.717, 1.165) is 11.6 Å². The molecule has 1 saturated carbocycles. The Kier molecular flexibility index (Phi) is 4.10. The molecule has 1 unspecified atom stereocenters. The first-order chi connectivity index (χ1) is 8.50. The molecular formula is C15H27N3. The third-order valence-corrected chi connectivity index (χ3v) is 4.62. The molecule has 1 aliphatic carbocycles.